The fourth-order valence-electron chi connectivity index (χ4n) is 2.53. The molecule has 0 spiro atoms. The summed E-state index contributed by atoms with van der Waals surface area (Å²) in [7, 11) is 3.55. The van der Waals surface area contributed by atoms with Crippen LogP contribution in [-0.4, -0.2) is 32.4 Å². The molecule has 1 atom stereocenters. The second-order valence-corrected chi connectivity index (χ2v) is 4.75. The molecule has 3 rings (SSSR count). The van der Waals surface area contributed by atoms with E-state index in [0.717, 1.165) is 28.4 Å². The van der Waals surface area contributed by atoms with Gasteiger partial charge >= 0.3 is 0 Å². The van der Waals surface area contributed by atoms with E-state index >= 15 is 0 Å². The minimum absolute atomic E-state index is 0.0377. The third kappa shape index (κ3) is 2.64. The first-order valence-corrected chi connectivity index (χ1v) is 6.88. The number of fused-ring (bicyclic) bond motifs is 1. The number of aromatic nitrogens is 1. The lowest BCUT2D eigenvalue weighted by Crippen LogP contribution is -2.22. The molecule has 110 valence electrons. The molecule has 5 nitrogen and oxygen atoms in total. The van der Waals surface area contributed by atoms with Gasteiger partial charge in [-0.15, -0.1) is 0 Å². The molecule has 0 aliphatic carbocycles. The maximum Gasteiger partial charge on any atom is 0.166 e. The number of rotatable bonds is 4. The van der Waals surface area contributed by atoms with Crippen LogP contribution in [0.4, 0.5) is 0 Å². The van der Waals surface area contributed by atoms with Crippen molar-refractivity contribution in [2.45, 2.75) is 6.04 Å². The molecule has 0 saturated heterocycles. The lowest BCUT2D eigenvalue weighted by molar-refractivity contribution is 0.169. The molecule has 0 bridgehead atoms. The number of methoxy groups -OCH3 is 1. The van der Waals surface area contributed by atoms with E-state index < -0.39 is 0 Å². The summed E-state index contributed by atoms with van der Waals surface area (Å²) >= 11 is 0. The summed E-state index contributed by atoms with van der Waals surface area (Å²) < 4.78 is 16.7. The largest absolute Gasteiger partial charge is 0.495 e. The van der Waals surface area contributed by atoms with Crippen LogP contribution in [0.25, 0.3) is 0 Å². The van der Waals surface area contributed by atoms with Crippen molar-refractivity contribution in [3.8, 4) is 17.2 Å². The van der Waals surface area contributed by atoms with Gasteiger partial charge < -0.3 is 19.5 Å². The van der Waals surface area contributed by atoms with Gasteiger partial charge in [0.2, 0.25) is 0 Å². The van der Waals surface area contributed by atoms with Crippen LogP contribution in [0.15, 0.2) is 36.7 Å². The van der Waals surface area contributed by atoms with Crippen molar-refractivity contribution in [3.63, 3.8) is 0 Å². The van der Waals surface area contributed by atoms with Gasteiger partial charge in [-0.2, -0.15) is 0 Å². The molecule has 21 heavy (non-hydrogen) atoms. The Kier molecular flexibility index (Phi) is 3.92. The Labute approximate surface area is 123 Å². The van der Waals surface area contributed by atoms with Gasteiger partial charge in [0, 0.05) is 11.8 Å². The summed E-state index contributed by atoms with van der Waals surface area (Å²) in [6.45, 7) is 1.15. The molecule has 2 heterocycles. The third-order valence-electron chi connectivity index (χ3n) is 3.50. The van der Waals surface area contributed by atoms with Crippen LogP contribution in [0.2, 0.25) is 0 Å². The molecule has 1 aromatic heterocycles. The smallest absolute Gasteiger partial charge is 0.166 e. The maximum atomic E-state index is 5.80. The van der Waals surface area contributed by atoms with Gasteiger partial charge in [-0.05, 0) is 24.7 Å². The van der Waals surface area contributed by atoms with Crippen molar-refractivity contribution in [1.82, 2.24) is 10.3 Å². The second-order valence-electron chi connectivity index (χ2n) is 4.75. The molecule has 1 aliphatic rings. The summed E-state index contributed by atoms with van der Waals surface area (Å²) in [5.41, 5.74) is 2.05. The quantitative estimate of drug-likeness (QED) is 0.933. The van der Waals surface area contributed by atoms with Crippen LogP contribution in [0, 0.1) is 0 Å². The van der Waals surface area contributed by atoms with E-state index in [2.05, 4.69) is 10.3 Å². The van der Waals surface area contributed by atoms with E-state index in [1.165, 1.54) is 0 Å². The first-order valence-electron chi connectivity index (χ1n) is 6.88. The third-order valence-corrected chi connectivity index (χ3v) is 3.50. The standard InChI is InChI=1S/C16H18N2O3/c1-17-15(11-8-12(19-2)10-18-9-11)13-4-3-5-14-16(13)21-7-6-20-14/h3-5,8-10,15,17H,6-7H2,1-2H3. The maximum absolute atomic E-state index is 5.80. The number of benzene rings is 1. The van der Waals surface area contributed by atoms with E-state index in [4.69, 9.17) is 14.2 Å². The number of para-hydroxylation sites is 1. The van der Waals surface area contributed by atoms with E-state index in [9.17, 15) is 0 Å². The van der Waals surface area contributed by atoms with Gasteiger partial charge in [0.1, 0.15) is 19.0 Å². The average Bonchev–Trinajstić information content (AvgIpc) is 2.56. The van der Waals surface area contributed by atoms with E-state index in [0.29, 0.717) is 13.2 Å². The lowest BCUT2D eigenvalue weighted by Gasteiger charge is -2.25. The van der Waals surface area contributed by atoms with Crippen LogP contribution < -0.4 is 19.5 Å². The summed E-state index contributed by atoms with van der Waals surface area (Å²) in [5, 5.41) is 3.30. The van der Waals surface area contributed by atoms with Gasteiger partial charge in [0.05, 0.1) is 19.3 Å². The molecule has 0 saturated carbocycles. The Morgan fingerprint density at radius 1 is 1.24 bits per heavy atom. The highest BCUT2D eigenvalue weighted by molar-refractivity contribution is 5.51. The van der Waals surface area contributed by atoms with E-state index in [1.807, 2.05) is 37.5 Å². The predicted molar refractivity (Wildman–Crippen MR) is 79.1 cm³/mol. The Balaban J connectivity index is 2.03. The van der Waals surface area contributed by atoms with Crippen LogP contribution in [0.3, 0.4) is 0 Å². The average molecular weight is 286 g/mol. The van der Waals surface area contributed by atoms with Crippen LogP contribution in [-0.2, 0) is 0 Å². The molecule has 1 N–H and O–H groups in total. The molecular weight excluding hydrogens is 268 g/mol. The first-order chi connectivity index (χ1) is 10.3. The Morgan fingerprint density at radius 2 is 2.10 bits per heavy atom. The topological polar surface area (TPSA) is 52.6 Å². The fourth-order valence-corrected chi connectivity index (χ4v) is 2.53. The second kappa shape index (κ2) is 6.01. The zero-order chi connectivity index (χ0) is 14.7. The lowest BCUT2D eigenvalue weighted by atomic mass is 9.98. The number of nitrogens with one attached hydrogen (secondary N) is 1. The van der Waals surface area contributed by atoms with E-state index in [-0.39, 0.29) is 6.04 Å². The number of nitrogens with zero attached hydrogens (tertiary/aromatic N) is 1. The van der Waals surface area contributed by atoms with Gasteiger partial charge in [-0.3, -0.25) is 4.98 Å². The molecule has 0 radical (unpaired) electrons. The van der Waals surface area contributed by atoms with Gasteiger partial charge in [0.15, 0.2) is 11.5 Å². The number of hydrogen-bond donors (Lipinski definition) is 1. The number of hydrogen-bond acceptors (Lipinski definition) is 5. The van der Waals surface area contributed by atoms with Gasteiger partial charge in [0.25, 0.3) is 0 Å². The summed E-state index contributed by atoms with van der Waals surface area (Å²) in [5.74, 6) is 2.32. The summed E-state index contributed by atoms with van der Waals surface area (Å²) in [4.78, 5) is 4.22. The van der Waals surface area contributed by atoms with Crippen molar-refractivity contribution in [2.24, 2.45) is 0 Å². The molecule has 0 fully saturated rings. The Morgan fingerprint density at radius 3 is 2.90 bits per heavy atom. The normalized spacial score (nSPS) is 14.6. The predicted octanol–water partition coefficient (Wildman–Crippen LogP) is 2.17. The van der Waals surface area contributed by atoms with Gasteiger partial charge in [-0.1, -0.05) is 12.1 Å². The Bertz CT molecular complexity index is 631. The van der Waals surface area contributed by atoms with Crippen molar-refractivity contribution in [3.05, 3.63) is 47.8 Å². The minimum Gasteiger partial charge on any atom is -0.495 e. The highest BCUT2D eigenvalue weighted by Gasteiger charge is 2.22. The monoisotopic (exact) mass is 286 g/mol. The highest BCUT2D eigenvalue weighted by atomic mass is 16.6. The minimum atomic E-state index is -0.0377. The number of pyridine rings is 1. The fraction of sp³-hybridized carbons (Fsp3) is 0.312. The number of ether oxygens (including phenoxy) is 3. The van der Waals surface area contributed by atoms with Crippen LogP contribution >= 0.6 is 0 Å². The van der Waals surface area contributed by atoms with Crippen LogP contribution in [0.1, 0.15) is 17.2 Å². The van der Waals surface area contributed by atoms with Crippen molar-refractivity contribution in [2.75, 3.05) is 27.4 Å². The first kappa shape index (κ1) is 13.7. The van der Waals surface area contributed by atoms with Gasteiger partial charge in [-0.25, -0.2) is 0 Å². The molecule has 2 aromatic rings. The summed E-state index contributed by atoms with van der Waals surface area (Å²) in [6.07, 6.45) is 3.52. The molecule has 0 amide bonds. The SMILES string of the molecule is CNC(c1cncc(OC)c1)c1cccc2c1OCCO2. The summed E-state index contributed by atoms with van der Waals surface area (Å²) in [6, 6.07) is 7.87. The highest BCUT2D eigenvalue weighted by Crippen LogP contribution is 2.39. The molecule has 5 heteroatoms. The molecular formula is C16H18N2O3. The van der Waals surface area contributed by atoms with Crippen molar-refractivity contribution in [1.29, 1.82) is 0 Å². The van der Waals surface area contributed by atoms with Crippen LogP contribution in [0.5, 0.6) is 17.2 Å². The Hall–Kier alpha value is -2.27. The van der Waals surface area contributed by atoms with E-state index in [1.54, 1.807) is 13.3 Å². The molecule has 1 aliphatic heterocycles. The molecule has 1 unspecified atom stereocenters. The zero-order valence-electron chi connectivity index (χ0n) is 12.1. The molecule has 1 aromatic carbocycles. The van der Waals surface area contributed by atoms with Crippen molar-refractivity contribution >= 4 is 0 Å². The van der Waals surface area contributed by atoms with Crippen molar-refractivity contribution < 1.29 is 14.2 Å². The zero-order valence-corrected chi connectivity index (χ0v) is 12.1.